The third-order valence-electron chi connectivity index (χ3n) is 24.2. The Hall–Kier alpha value is -11.4. The number of nitrogens with zero attached hydrogens (tertiary/aromatic N) is 2. The third kappa shape index (κ3) is 9.97. The van der Waals surface area contributed by atoms with Gasteiger partial charge in [-0.15, -0.1) is 11.3 Å². The van der Waals surface area contributed by atoms with E-state index in [0.717, 1.165) is 86.7 Å². The maximum absolute atomic E-state index is 13.1. The topological polar surface area (TPSA) is 78.4 Å². The Kier molecular flexibility index (Phi) is 15.0. The Morgan fingerprint density at radius 2 is 0.615 bits per heavy atom. The molecule has 13 aromatic carbocycles. The van der Waals surface area contributed by atoms with E-state index in [9.17, 15) is 9.59 Å². The highest BCUT2D eigenvalue weighted by atomic mass is 32.1. The van der Waals surface area contributed by atoms with Crippen LogP contribution >= 0.6 is 11.3 Å². The van der Waals surface area contributed by atoms with Gasteiger partial charge in [0, 0.05) is 21.9 Å². The largest absolute Gasteiger partial charge is 0.462 e. The van der Waals surface area contributed by atoms with Gasteiger partial charge in [0.05, 0.1) is 56.0 Å². The van der Waals surface area contributed by atoms with Crippen molar-refractivity contribution in [3.05, 3.63) is 321 Å². The molecule has 0 saturated heterocycles. The zero-order valence-electron chi connectivity index (χ0n) is 64.4. The van der Waals surface area contributed by atoms with Gasteiger partial charge in [-0.25, -0.2) is 19.6 Å². The van der Waals surface area contributed by atoms with E-state index in [4.69, 9.17) is 19.4 Å². The molecule has 15 aromatic rings. The normalized spacial score (nSPS) is 14.1. The quantitative estimate of drug-likeness (QED) is 0.111. The predicted molar refractivity (Wildman–Crippen MR) is 451 cm³/mol. The third-order valence-corrected chi connectivity index (χ3v) is 25.4. The van der Waals surface area contributed by atoms with Crippen molar-refractivity contribution >= 4 is 66.9 Å². The summed E-state index contributed by atoms with van der Waals surface area (Å²) in [4.78, 5) is 40.9. The number of hydrogen-bond donors (Lipinski definition) is 0. The number of benzene rings is 13. The summed E-state index contributed by atoms with van der Waals surface area (Å²) in [5.74, 6) is -0.700. The van der Waals surface area contributed by atoms with E-state index in [1.54, 1.807) is 0 Å². The van der Waals surface area contributed by atoms with E-state index in [1.807, 2.05) is 73.7 Å². The maximum atomic E-state index is 13.1. The molecule has 0 atom stereocenters. The van der Waals surface area contributed by atoms with Crippen LogP contribution in [-0.4, -0.2) is 35.1 Å². The molecule has 4 aliphatic carbocycles. The summed E-state index contributed by atoms with van der Waals surface area (Å²) in [6.07, 6.45) is 0. The molecule has 0 amide bonds. The average Bonchev–Trinajstić information content (AvgIpc) is 1.51. The van der Waals surface area contributed by atoms with Crippen molar-refractivity contribution in [3.63, 3.8) is 0 Å². The molecule has 0 saturated carbocycles. The van der Waals surface area contributed by atoms with E-state index in [1.165, 1.54) is 111 Å². The number of ether oxygens (including phenoxy) is 2. The molecule has 2 spiro atoms. The van der Waals surface area contributed by atoms with Gasteiger partial charge < -0.3 is 9.47 Å². The fraction of sp³-hybridized carbons (Fsp3) is 0.216. The highest BCUT2D eigenvalue weighted by molar-refractivity contribution is 7.21. The number of hydrogen-bond acceptors (Lipinski definition) is 7. The highest BCUT2D eigenvalue weighted by Gasteiger charge is 2.55. The molecule has 0 unspecified atom stereocenters. The van der Waals surface area contributed by atoms with E-state index >= 15 is 0 Å². The first-order chi connectivity index (χ1) is 52.3. The Morgan fingerprint density at radius 3 is 0.945 bits per heavy atom. The lowest BCUT2D eigenvalue weighted by molar-refractivity contribution is 0.0517. The monoisotopic (exact) mass is 1430 g/mol. The van der Waals surface area contributed by atoms with E-state index in [2.05, 4.69) is 277 Å². The number of rotatable bonds is 8. The molecule has 534 valence electrons. The van der Waals surface area contributed by atoms with Crippen molar-refractivity contribution in [2.45, 2.75) is 129 Å². The van der Waals surface area contributed by atoms with Crippen LogP contribution in [0, 0.1) is 0 Å². The molecule has 0 aliphatic heterocycles. The Bertz CT molecular complexity index is 5940. The number of carbonyl (C=O) groups excluding carboxylic acids is 2. The molecule has 6 nitrogen and oxygen atoms in total. The van der Waals surface area contributed by atoms with Crippen LogP contribution in [0.1, 0.15) is 184 Å². The Morgan fingerprint density at radius 1 is 0.303 bits per heavy atom. The Labute approximate surface area is 642 Å². The van der Waals surface area contributed by atoms with Crippen LogP contribution in [0.4, 0.5) is 0 Å². The number of carbonyl (C=O) groups is 2. The lowest BCUT2D eigenvalue weighted by atomic mass is 9.68. The molecule has 2 heterocycles. The van der Waals surface area contributed by atoms with Crippen LogP contribution < -0.4 is 0 Å². The second kappa shape index (κ2) is 24.1. The molecule has 0 N–H and O–H groups in total. The van der Waals surface area contributed by atoms with Gasteiger partial charge in [0.2, 0.25) is 0 Å². The molecule has 0 radical (unpaired) electrons. The molecular weight excluding hydrogens is 1350 g/mol. The van der Waals surface area contributed by atoms with Gasteiger partial charge in [-0.1, -0.05) is 289 Å². The van der Waals surface area contributed by atoms with Crippen LogP contribution in [0.2, 0.25) is 0 Å². The van der Waals surface area contributed by atoms with Crippen LogP contribution in [0.25, 0.3) is 131 Å². The standard InChI is InChI=1S/C102H86N2O4S/c1-15-107-95(105)59-35-31-57(32-36-59)61-39-45-67-68-46-40-62(58-33-37-60(38-34-58)96(106)108-16-2)52-78(68)90-89(77(67)51-61)103-91-92(104-90)94(76-26-22-30-82-88(76)74-24-18-20-28-80(74)102(82)85-55-65(99(9,10)11)43-49-71(85)72-50-44-66(56-86(72)102)100(12,13)14)109-93(91)75-25-21-29-81-87(75)73-23-17-19-27-79(73)101(81)83-53-63(97(3,4)5)41-47-69(83)70-48-42-64(54-84(70)101)98(6,7)8/h17-56H,15-16H2,1-14H3. The summed E-state index contributed by atoms with van der Waals surface area (Å²) < 4.78 is 10.9. The molecule has 109 heavy (non-hydrogen) atoms. The second-order valence-corrected chi connectivity index (χ2v) is 35.6. The second-order valence-electron chi connectivity index (χ2n) is 34.6. The van der Waals surface area contributed by atoms with Crippen molar-refractivity contribution in [2.75, 3.05) is 13.2 Å². The predicted octanol–water partition coefficient (Wildman–Crippen LogP) is 26.0. The lowest BCUT2D eigenvalue weighted by Crippen LogP contribution is -2.27. The molecule has 0 fully saturated rings. The summed E-state index contributed by atoms with van der Waals surface area (Å²) in [5, 5.41) is 3.99. The summed E-state index contributed by atoms with van der Waals surface area (Å²) in [6.45, 7) is 32.3. The van der Waals surface area contributed by atoms with Gasteiger partial charge in [-0.2, -0.15) is 0 Å². The van der Waals surface area contributed by atoms with E-state index < -0.39 is 10.8 Å². The van der Waals surface area contributed by atoms with Gasteiger partial charge in [-0.3, -0.25) is 0 Å². The number of fused-ring (bicyclic) bond motifs is 27. The Balaban J connectivity index is 0.945. The molecule has 19 rings (SSSR count). The maximum Gasteiger partial charge on any atom is 0.338 e. The zero-order chi connectivity index (χ0) is 75.3. The number of thiophene rings is 1. The van der Waals surface area contributed by atoms with E-state index in [0.29, 0.717) is 24.3 Å². The van der Waals surface area contributed by atoms with E-state index in [-0.39, 0.29) is 33.6 Å². The number of aromatic nitrogens is 2. The van der Waals surface area contributed by atoms with Crippen LogP contribution in [0.3, 0.4) is 0 Å². The first kappa shape index (κ1) is 68.2. The summed E-state index contributed by atoms with van der Waals surface area (Å²) in [6, 6.07) is 90.8. The highest BCUT2D eigenvalue weighted by Crippen LogP contribution is 2.68. The van der Waals surface area contributed by atoms with Crippen LogP contribution in [0.5, 0.6) is 0 Å². The molecule has 2 aromatic heterocycles. The molecular formula is C102H86N2O4S. The minimum Gasteiger partial charge on any atom is -0.462 e. The molecule has 0 bridgehead atoms. The summed E-state index contributed by atoms with van der Waals surface area (Å²) in [7, 11) is 0. The SMILES string of the molecule is CCOC(=O)c1ccc(-c2ccc3c4ccc(-c5ccc(C(=O)OCC)cc5)cc4c4nc5c(-c6cccc7c6-c6ccccc6C76c7cc(C(C)(C)C)ccc7-c7ccc(C(C)(C)C)cc76)sc(-c6cccc7c6-c6ccccc6C76c7cc(C(C)(C)C)ccc7-c7ccc(C(C)(C)C)cc76)c5nc4c3c2)cc1. The van der Waals surface area contributed by atoms with Crippen molar-refractivity contribution in [1.29, 1.82) is 0 Å². The van der Waals surface area contributed by atoms with Gasteiger partial charge in [0.1, 0.15) is 11.0 Å². The molecule has 7 heteroatoms. The smallest absolute Gasteiger partial charge is 0.338 e. The first-order valence-electron chi connectivity index (χ1n) is 38.6. The van der Waals surface area contributed by atoms with Crippen molar-refractivity contribution in [2.24, 2.45) is 0 Å². The van der Waals surface area contributed by atoms with Crippen molar-refractivity contribution in [3.8, 4) is 87.6 Å². The van der Waals surface area contributed by atoms with Crippen LogP contribution in [-0.2, 0) is 42.0 Å². The minimum atomic E-state index is -0.661. The van der Waals surface area contributed by atoms with Crippen molar-refractivity contribution < 1.29 is 19.1 Å². The minimum absolute atomic E-state index is 0.116. The zero-order valence-corrected chi connectivity index (χ0v) is 65.3. The van der Waals surface area contributed by atoms with Gasteiger partial charge in [-0.05, 0) is 216 Å². The average molecular weight is 1440 g/mol. The summed E-state index contributed by atoms with van der Waals surface area (Å²) >= 11 is 1.82. The number of esters is 2. The summed E-state index contributed by atoms with van der Waals surface area (Å²) in [5.41, 5.74) is 34.0. The van der Waals surface area contributed by atoms with Crippen LogP contribution in [0.15, 0.2) is 243 Å². The van der Waals surface area contributed by atoms with Gasteiger partial charge in [0.25, 0.3) is 0 Å². The van der Waals surface area contributed by atoms with Gasteiger partial charge >= 0.3 is 11.9 Å². The fourth-order valence-electron chi connectivity index (χ4n) is 18.7. The van der Waals surface area contributed by atoms with Gasteiger partial charge in [0.15, 0.2) is 0 Å². The first-order valence-corrected chi connectivity index (χ1v) is 39.4. The fourth-order valence-corrected chi connectivity index (χ4v) is 20.0. The lowest BCUT2D eigenvalue weighted by Gasteiger charge is -2.33. The van der Waals surface area contributed by atoms with Crippen molar-refractivity contribution in [1.82, 2.24) is 9.97 Å². The molecule has 4 aliphatic rings.